The zero-order chi connectivity index (χ0) is 17.5. The molecular formula is C17H31N2O4W-. The van der Waals surface area contributed by atoms with Crippen LogP contribution in [0.1, 0.15) is 32.6 Å². The van der Waals surface area contributed by atoms with Gasteiger partial charge in [0, 0.05) is 34.7 Å². The van der Waals surface area contributed by atoms with E-state index in [9.17, 15) is 9.59 Å². The molecule has 0 aromatic heterocycles. The minimum Gasteiger partial charge on any atom is -0.665 e. The second kappa shape index (κ2) is 17.1. The fourth-order valence-electron chi connectivity index (χ4n) is 2.51. The molecule has 0 spiro atoms. The first-order chi connectivity index (χ1) is 11.0. The van der Waals surface area contributed by atoms with Gasteiger partial charge in [-0.1, -0.05) is 25.3 Å². The zero-order valence-electron chi connectivity index (χ0n) is 15.1. The molecule has 6 nitrogen and oxygen atoms in total. The monoisotopic (exact) mass is 511 g/mol. The molecule has 1 saturated carbocycles. The number of aldehydes is 1. The van der Waals surface area contributed by atoms with Gasteiger partial charge in [-0.15, -0.1) is 6.54 Å². The van der Waals surface area contributed by atoms with Crippen molar-refractivity contribution >= 4 is 12.4 Å². The Labute approximate surface area is 160 Å². The Morgan fingerprint density at radius 2 is 1.96 bits per heavy atom. The summed E-state index contributed by atoms with van der Waals surface area (Å²) in [6, 6.07) is 0. The van der Waals surface area contributed by atoms with Crippen molar-refractivity contribution in [3.63, 3.8) is 0 Å². The normalized spacial score (nSPS) is 19.1. The Morgan fingerprint density at radius 1 is 1.33 bits per heavy atom. The van der Waals surface area contributed by atoms with Crippen LogP contribution in [-0.4, -0.2) is 52.8 Å². The fourth-order valence-corrected chi connectivity index (χ4v) is 2.51. The van der Waals surface area contributed by atoms with Gasteiger partial charge in [0.1, 0.15) is 12.9 Å². The fraction of sp³-hybridized carbons (Fsp3) is 0.765. The summed E-state index contributed by atoms with van der Waals surface area (Å²) < 4.78 is 9.77. The molecule has 2 atom stereocenters. The summed E-state index contributed by atoms with van der Waals surface area (Å²) in [4.78, 5) is 20.8. The SMILES string of the molecule is C=C(C)C=O.C[N-]CC1CCCC(CNC(=O)OCCOC)C1.[W]. The summed E-state index contributed by atoms with van der Waals surface area (Å²) >= 11 is 0. The molecule has 0 aromatic carbocycles. The van der Waals surface area contributed by atoms with Gasteiger partial charge in [-0.25, -0.2) is 4.79 Å². The molecule has 24 heavy (non-hydrogen) atoms. The van der Waals surface area contributed by atoms with Crippen LogP contribution in [-0.2, 0) is 35.3 Å². The molecule has 0 aromatic rings. The molecule has 1 rings (SSSR count). The number of nitrogens with zero attached hydrogens (tertiary/aromatic N) is 1. The van der Waals surface area contributed by atoms with Crippen molar-refractivity contribution in [2.75, 3.05) is 40.5 Å². The number of carbonyl (C=O) groups is 2. The van der Waals surface area contributed by atoms with Crippen LogP contribution in [0.15, 0.2) is 12.2 Å². The number of hydrogen-bond donors (Lipinski definition) is 1. The van der Waals surface area contributed by atoms with Crippen LogP contribution in [0.3, 0.4) is 0 Å². The topological polar surface area (TPSA) is 78.7 Å². The number of amides is 1. The predicted octanol–water partition coefficient (Wildman–Crippen LogP) is 2.93. The summed E-state index contributed by atoms with van der Waals surface area (Å²) in [5.41, 5.74) is 0.574. The van der Waals surface area contributed by atoms with E-state index < -0.39 is 0 Å². The van der Waals surface area contributed by atoms with E-state index in [4.69, 9.17) is 9.47 Å². The van der Waals surface area contributed by atoms with Gasteiger partial charge in [-0.05, 0) is 31.3 Å². The van der Waals surface area contributed by atoms with Crippen LogP contribution in [0.5, 0.6) is 0 Å². The molecule has 0 radical (unpaired) electrons. The Hall–Kier alpha value is -0.712. The van der Waals surface area contributed by atoms with Crippen LogP contribution in [0.4, 0.5) is 4.79 Å². The smallest absolute Gasteiger partial charge is 0.407 e. The Kier molecular flexibility index (Phi) is 18.2. The van der Waals surface area contributed by atoms with Gasteiger partial charge in [0.05, 0.1) is 6.61 Å². The van der Waals surface area contributed by atoms with Crippen LogP contribution in [0.2, 0.25) is 0 Å². The maximum atomic E-state index is 11.4. The van der Waals surface area contributed by atoms with Crippen molar-refractivity contribution in [2.45, 2.75) is 32.6 Å². The summed E-state index contributed by atoms with van der Waals surface area (Å²) in [6.07, 6.45) is 5.25. The molecule has 0 bridgehead atoms. The first kappa shape index (κ1) is 25.5. The van der Waals surface area contributed by atoms with E-state index in [1.807, 2.05) is 7.05 Å². The number of carbonyl (C=O) groups excluding carboxylic acids is 2. The molecule has 1 fully saturated rings. The predicted molar refractivity (Wildman–Crippen MR) is 91.7 cm³/mol. The molecule has 1 aliphatic rings. The molecule has 1 amide bonds. The zero-order valence-corrected chi connectivity index (χ0v) is 18.0. The van der Waals surface area contributed by atoms with Crippen molar-refractivity contribution in [3.8, 4) is 0 Å². The molecule has 1 N–H and O–H groups in total. The van der Waals surface area contributed by atoms with Crippen molar-refractivity contribution in [1.82, 2.24) is 5.32 Å². The molecule has 0 heterocycles. The standard InChI is InChI=1S/C13H25N2O3.C4H6O.W/c1-14-9-11-4-3-5-12(8-11)10-15-13(16)18-7-6-17-2;1-4(2)3-5;/h11-12H,3-10H2,1-2H3,(H,15,16);3H,1H2,2H3;/q-1;;. The van der Waals surface area contributed by atoms with Gasteiger partial charge in [0.2, 0.25) is 0 Å². The third-order valence-electron chi connectivity index (χ3n) is 3.59. The van der Waals surface area contributed by atoms with Crippen molar-refractivity contribution in [2.24, 2.45) is 11.8 Å². The van der Waals surface area contributed by atoms with E-state index in [0.29, 0.717) is 37.2 Å². The first-order valence-electron chi connectivity index (χ1n) is 8.09. The minimum atomic E-state index is -0.339. The van der Waals surface area contributed by atoms with Gasteiger partial charge in [0.15, 0.2) is 0 Å². The van der Waals surface area contributed by atoms with E-state index in [0.717, 1.165) is 19.3 Å². The molecule has 7 heteroatoms. The number of rotatable bonds is 8. The van der Waals surface area contributed by atoms with Crippen LogP contribution >= 0.6 is 0 Å². The third-order valence-corrected chi connectivity index (χ3v) is 3.59. The largest absolute Gasteiger partial charge is 0.665 e. The maximum Gasteiger partial charge on any atom is 0.407 e. The van der Waals surface area contributed by atoms with Crippen LogP contribution in [0.25, 0.3) is 5.32 Å². The van der Waals surface area contributed by atoms with Gasteiger partial charge < -0.3 is 20.1 Å². The average Bonchev–Trinajstić information content (AvgIpc) is 2.54. The molecule has 0 saturated heterocycles. The van der Waals surface area contributed by atoms with E-state index in [1.165, 1.54) is 19.3 Å². The van der Waals surface area contributed by atoms with Gasteiger partial charge in [-0.2, -0.15) is 7.05 Å². The Balaban J connectivity index is 0. The van der Waals surface area contributed by atoms with Crippen LogP contribution in [0, 0.1) is 11.8 Å². The Bertz CT molecular complexity index is 351. The number of hydrogen-bond acceptors (Lipinski definition) is 4. The van der Waals surface area contributed by atoms with Crippen molar-refractivity contribution in [1.29, 1.82) is 0 Å². The number of methoxy groups -OCH3 is 1. The van der Waals surface area contributed by atoms with Crippen molar-refractivity contribution in [3.05, 3.63) is 17.5 Å². The molecular weight excluding hydrogens is 480 g/mol. The number of nitrogens with one attached hydrogen (secondary N) is 1. The van der Waals surface area contributed by atoms with E-state index in [2.05, 4.69) is 17.2 Å². The number of ether oxygens (including phenoxy) is 2. The van der Waals surface area contributed by atoms with E-state index in [1.54, 1.807) is 14.0 Å². The van der Waals surface area contributed by atoms with Crippen LogP contribution < -0.4 is 5.32 Å². The van der Waals surface area contributed by atoms with Crippen molar-refractivity contribution < 1.29 is 40.1 Å². The molecule has 0 aliphatic heterocycles. The summed E-state index contributed by atoms with van der Waals surface area (Å²) in [5, 5.41) is 7.04. The second-order valence-electron chi connectivity index (χ2n) is 5.87. The minimum absolute atomic E-state index is 0. The van der Waals surface area contributed by atoms with Gasteiger partial charge in [0.25, 0.3) is 0 Å². The van der Waals surface area contributed by atoms with E-state index in [-0.39, 0.29) is 27.2 Å². The summed E-state index contributed by atoms with van der Waals surface area (Å²) in [5.74, 6) is 1.26. The van der Waals surface area contributed by atoms with E-state index >= 15 is 0 Å². The maximum absolute atomic E-state index is 11.4. The first-order valence-corrected chi connectivity index (χ1v) is 8.09. The van der Waals surface area contributed by atoms with Gasteiger partial charge in [-0.3, -0.25) is 4.79 Å². The summed E-state index contributed by atoms with van der Waals surface area (Å²) in [7, 11) is 3.46. The second-order valence-corrected chi connectivity index (χ2v) is 5.87. The molecule has 140 valence electrons. The quantitative estimate of drug-likeness (QED) is 0.309. The molecule has 2 unspecified atom stereocenters. The Morgan fingerprint density at radius 3 is 2.50 bits per heavy atom. The third kappa shape index (κ3) is 14.9. The average molecular weight is 511 g/mol. The number of alkyl carbamates (subject to hydrolysis) is 1. The summed E-state index contributed by atoms with van der Waals surface area (Å²) in [6.45, 7) is 7.38. The van der Waals surface area contributed by atoms with Gasteiger partial charge >= 0.3 is 6.09 Å². The molecule has 1 aliphatic carbocycles. The number of allylic oxidation sites excluding steroid dienone is 1.